The highest BCUT2D eigenvalue weighted by Crippen LogP contribution is 2.26. The molecule has 1 heterocycles. The third-order valence-corrected chi connectivity index (χ3v) is 2.74. The summed E-state index contributed by atoms with van der Waals surface area (Å²) in [6, 6.07) is 7.66. The maximum Gasteiger partial charge on any atom is 0.245 e. The van der Waals surface area contributed by atoms with Gasteiger partial charge in [-0.25, -0.2) is 0 Å². The molecule has 2 N–H and O–H groups in total. The molecule has 1 atom stereocenters. The van der Waals surface area contributed by atoms with E-state index in [1.54, 1.807) is 19.0 Å². The Morgan fingerprint density at radius 3 is 2.93 bits per heavy atom. The fraction of sp³-hybridized carbons (Fsp3) is 0.364. The van der Waals surface area contributed by atoms with Gasteiger partial charge < -0.3 is 15.5 Å². The molecular formula is C11H15N3O. The van der Waals surface area contributed by atoms with Gasteiger partial charge in [0.15, 0.2) is 0 Å². The minimum Gasteiger partial charge on any atom is -0.381 e. The van der Waals surface area contributed by atoms with Gasteiger partial charge in [-0.3, -0.25) is 4.79 Å². The van der Waals surface area contributed by atoms with Crippen LogP contribution in [0.3, 0.4) is 0 Å². The van der Waals surface area contributed by atoms with Gasteiger partial charge in [0.1, 0.15) is 6.04 Å². The second kappa shape index (κ2) is 3.90. The van der Waals surface area contributed by atoms with Gasteiger partial charge in [-0.2, -0.15) is 0 Å². The van der Waals surface area contributed by atoms with Crippen LogP contribution in [0.2, 0.25) is 0 Å². The van der Waals surface area contributed by atoms with E-state index in [1.807, 2.05) is 24.3 Å². The van der Waals surface area contributed by atoms with E-state index in [9.17, 15) is 4.79 Å². The van der Waals surface area contributed by atoms with Crippen molar-refractivity contribution in [3.8, 4) is 0 Å². The summed E-state index contributed by atoms with van der Waals surface area (Å²) < 4.78 is 0. The second-order valence-electron chi connectivity index (χ2n) is 3.64. The van der Waals surface area contributed by atoms with Crippen LogP contribution in [0.1, 0.15) is 0 Å². The molecule has 0 spiro atoms. The number of amides is 1. The molecule has 0 saturated heterocycles. The third-order valence-electron chi connectivity index (χ3n) is 2.74. The zero-order valence-electron chi connectivity index (χ0n) is 8.95. The lowest BCUT2D eigenvalue weighted by Gasteiger charge is -2.19. The molecule has 80 valence electrons. The van der Waals surface area contributed by atoms with Crippen LogP contribution < -0.4 is 15.5 Å². The van der Waals surface area contributed by atoms with Gasteiger partial charge in [0.05, 0.1) is 11.4 Å². The van der Waals surface area contributed by atoms with E-state index in [0.29, 0.717) is 6.54 Å². The molecule has 0 bridgehead atoms. The summed E-state index contributed by atoms with van der Waals surface area (Å²) in [5.41, 5.74) is 1.94. The smallest absolute Gasteiger partial charge is 0.245 e. The lowest BCUT2D eigenvalue weighted by Crippen LogP contribution is -2.45. The van der Waals surface area contributed by atoms with Gasteiger partial charge in [0.2, 0.25) is 5.91 Å². The second-order valence-corrected chi connectivity index (χ2v) is 3.64. The van der Waals surface area contributed by atoms with Crippen molar-refractivity contribution < 1.29 is 4.79 Å². The predicted octanol–water partition coefficient (Wildman–Crippen LogP) is 0.663. The SMILES string of the molecule is CNC1CNc2ccccc2N(C)C1=O. The van der Waals surface area contributed by atoms with Crippen LogP contribution in [-0.2, 0) is 4.79 Å². The fourth-order valence-electron chi connectivity index (χ4n) is 1.79. The van der Waals surface area contributed by atoms with Gasteiger partial charge in [0, 0.05) is 13.6 Å². The van der Waals surface area contributed by atoms with E-state index in [-0.39, 0.29) is 11.9 Å². The maximum absolute atomic E-state index is 12.0. The molecule has 1 unspecified atom stereocenters. The van der Waals surface area contributed by atoms with Crippen LogP contribution in [0.25, 0.3) is 0 Å². The van der Waals surface area contributed by atoms with E-state index in [4.69, 9.17) is 0 Å². The summed E-state index contributed by atoms with van der Waals surface area (Å²) in [5.74, 6) is 0.0925. The monoisotopic (exact) mass is 205 g/mol. The van der Waals surface area contributed by atoms with Gasteiger partial charge in [-0.1, -0.05) is 12.1 Å². The minimum absolute atomic E-state index is 0.0925. The summed E-state index contributed by atoms with van der Waals surface area (Å²) in [6.45, 7) is 0.622. The number of likely N-dealkylation sites (N-methyl/N-ethyl adjacent to an activating group) is 2. The molecule has 1 aliphatic rings. The van der Waals surface area contributed by atoms with Crippen LogP contribution in [0.15, 0.2) is 24.3 Å². The Labute approximate surface area is 89.3 Å². The summed E-state index contributed by atoms with van der Waals surface area (Å²) in [4.78, 5) is 13.7. The number of hydrogen-bond acceptors (Lipinski definition) is 3. The van der Waals surface area contributed by atoms with E-state index >= 15 is 0 Å². The van der Waals surface area contributed by atoms with Crippen molar-refractivity contribution in [2.24, 2.45) is 0 Å². The number of nitrogens with one attached hydrogen (secondary N) is 2. The Hall–Kier alpha value is -1.55. The van der Waals surface area contributed by atoms with Crippen LogP contribution in [-0.4, -0.2) is 32.6 Å². The molecule has 15 heavy (non-hydrogen) atoms. The van der Waals surface area contributed by atoms with E-state index in [2.05, 4.69) is 10.6 Å². The van der Waals surface area contributed by atoms with Crippen LogP contribution in [0, 0.1) is 0 Å². The summed E-state index contributed by atoms with van der Waals surface area (Å²) in [7, 11) is 3.60. The number of hydrogen-bond donors (Lipinski definition) is 2. The standard InChI is InChI=1S/C11H15N3O/c1-12-9-7-13-8-5-3-4-6-10(8)14(2)11(9)15/h3-6,9,12-13H,7H2,1-2H3. The normalized spacial score (nSPS) is 20.5. The number of carbonyl (C=O) groups excluding carboxylic acids is 1. The zero-order chi connectivity index (χ0) is 10.8. The predicted molar refractivity (Wildman–Crippen MR) is 61.2 cm³/mol. The molecule has 4 heteroatoms. The lowest BCUT2D eigenvalue weighted by molar-refractivity contribution is -0.119. The number of anilines is 2. The molecular weight excluding hydrogens is 190 g/mol. The molecule has 0 aromatic heterocycles. The summed E-state index contributed by atoms with van der Waals surface area (Å²) >= 11 is 0. The third kappa shape index (κ3) is 1.68. The van der Waals surface area contributed by atoms with E-state index in [1.165, 1.54) is 0 Å². The highest BCUT2D eigenvalue weighted by molar-refractivity contribution is 6.01. The van der Waals surface area contributed by atoms with Gasteiger partial charge in [-0.15, -0.1) is 0 Å². The van der Waals surface area contributed by atoms with Crippen molar-refractivity contribution in [2.75, 3.05) is 30.9 Å². The Morgan fingerprint density at radius 2 is 2.20 bits per heavy atom. The minimum atomic E-state index is -0.164. The zero-order valence-corrected chi connectivity index (χ0v) is 8.95. The Bertz CT molecular complexity index is 378. The van der Waals surface area contributed by atoms with E-state index in [0.717, 1.165) is 11.4 Å². The first-order valence-corrected chi connectivity index (χ1v) is 5.02. The number of para-hydroxylation sites is 2. The molecule has 0 radical (unpaired) electrons. The summed E-state index contributed by atoms with van der Waals surface area (Å²) in [5, 5.41) is 6.27. The molecule has 1 aromatic rings. The van der Waals surface area contributed by atoms with Crippen molar-refractivity contribution in [3.05, 3.63) is 24.3 Å². The molecule has 2 rings (SSSR count). The lowest BCUT2D eigenvalue weighted by atomic mass is 10.2. The van der Waals surface area contributed by atoms with E-state index < -0.39 is 0 Å². The number of fused-ring (bicyclic) bond motifs is 1. The molecule has 1 aromatic carbocycles. The van der Waals surface area contributed by atoms with Crippen molar-refractivity contribution in [3.63, 3.8) is 0 Å². The number of nitrogens with zero attached hydrogens (tertiary/aromatic N) is 1. The molecule has 1 amide bonds. The average Bonchev–Trinajstić information content (AvgIpc) is 2.39. The first-order chi connectivity index (χ1) is 7.24. The van der Waals surface area contributed by atoms with Crippen molar-refractivity contribution in [1.29, 1.82) is 0 Å². The molecule has 0 fully saturated rings. The van der Waals surface area contributed by atoms with Gasteiger partial charge in [-0.05, 0) is 19.2 Å². The first-order valence-electron chi connectivity index (χ1n) is 5.02. The molecule has 4 nitrogen and oxygen atoms in total. The molecule has 0 saturated carbocycles. The Kier molecular flexibility index (Phi) is 2.60. The molecule has 0 aliphatic carbocycles. The fourth-order valence-corrected chi connectivity index (χ4v) is 1.79. The first kappa shape index (κ1) is 9.98. The quantitative estimate of drug-likeness (QED) is 0.708. The maximum atomic E-state index is 12.0. The van der Waals surface area contributed by atoms with Crippen LogP contribution in [0.4, 0.5) is 11.4 Å². The number of rotatable bonds is 1. The van der Waals surface area contributed by atoms with Gasteiger partial charge in [0.25, 0.3) is 0 Å². The number of benzene rings is 1. The topological polar surface area (TPSA) is 44.4 Å². The summed E-state index contributed by atoms with van der Waals surface area (Å²) in [6.07, 6.45) is 0. The highest BCUT2D eigenvalue weighted by atomic mass is 16.2. The van der Waals surface area contributed by atoms with Crippen LogP contribution in [0.5, 0.6) is 0 Å². The number of carbonyl (C=O) groups is 1. The van der Waals surface area contributed by atoms with Crippen molar-refractivity contribution >= 4 is 17.3 Å². The van der Waals surface area contributed by atoms with Crippen LogP contribution >= 0.6 is 0 Å². The largest absolute Gasteiger partial charge is 0.381 e. The van der Waals surface area contributed by atoms with Gasteiger partial charge >= 0.3 is 0 Å². The Balaban J connectivity index is 2.39. The molecule has 1 aliphatic heterocycles. The van der Waals surface area contributed by atoms with Crippen molar-refractivity contribution in [1.82, 2.24) is 5.32 Å². The highest BCUT2D eigenvalue weighted by Gasteiger charge is 2.25. The van der Waals surface area contributed by atoms with Crippen molar-refractivity contribution in [2.45, 2.75) is 6.04 Å². The average molecular weight is 205 g/mol. The Morgan fingerprint density at radius 1 is 1.47 bits per heavy atom.